The summed E-state index contributed by atoms with van der Waals surface area (Å²) in [4.78, 5) is 4.36. The van der Waals surface area contributed by atoms with Crippen molar-refractivity contribution in [3.63, 3.8) is 0 Å². The molecule has 0 aliphatic carbocycles. The third kappa shape index (κ3) is 4.08. The molecule has 3 nitrogen and oxygen atoms in total. The van der Waals surface area contributed by atoms with Crippen molar-refractivity contribution >= 4 is 11.6 Å². The highest BCUT2D eigenvalue weighted by molar-refractivity contribution is 6.30. The Kier molecular flexibility index (Phi) is 5.00. The van der Waals surface area contributed by atoms with Gasteiger partial charge in [-0.2, -0.15) is 0 Å². The lowest BCUT2D eigenvalue weighted by Crippen LogP contribution is -2.28. The van der Waals surface area contributed by atoms with E-state index in [1.807, 2.05) is 44.7 Å². The Morgan fingerprint density at radius 3 is 2.89 bits per heavy atom. The summed E-state index contributed by atoms with van der Waals surface area (Å²) in [6, 6.07) is 8.51. The summed E-state index contributed by atoms with van der Waals surface area (Å²) in [6.07, 6.45) is 6.87. The van der Waals surface area contributed by atoms with Crippen molar-refractivity contribution in [2.75, 3.05) is 7.05 Å². The summed E-state index contributed by atoms with van der Waals surface area (Å²) in [5.41, 5.74) is 1.27. The Morgan fingerprint density at radius 2 is 2.26 bits per heavy atom. The molecule has 0 fully saturated rings. The zero-order valence-corrected chi connectivity index (χ0v) is 12.2. The standard InChI is InChI=1S/C15H20ClN3/c1-17-14(6-7-15-18-8-9-19(15)2)11-12-4-3-5-13(16)10-12/h3-5,8-10,14,17H,6-7,11H2,1-2H3. The number of rotatable bonds is 6. The number of halogens is 1. The van der Waals surface area contributed by atoms with Crippen molar-refractivity contribution in [2.45, 2.75) is 25.3 Å². The minimum absolute atomic E-state index is 0.440. The molecule has 0 saturated carbocycles. The number of imidazole rings is 1. The van der Waals surface area contributed by atoms with E-state index in [1.54, 1.807) is 0 Å². The van der Waals surface area contributed by atoms with Crippen LogP contribution in [-0.4, -0.2) is 22.6 Å². The largest absolute Gasteiger partial charge is 0.338 e. The van der Waals surface area contributed by atoms with E-state index >= 15 is 0 Å². The van der Waals surface area contributed by atoms with E-state index in [2.05, 4.69) is 20.9 Å². The molecule has 0 amide bonds. The van der Waals surface area contributed by atoms with Crippen molar-refractivity contribution in [3.05, 3.63) is 53.1 Å². The van der Waals surface area contributed by atoms with Crippen LogP contribution in [0.25, 0.3) is 0 Å². The highest BCUT2D eigenvalue weighted by Gasteiger charge is 2.09. The molecule has 4 heteroatoms. The van der Waals surface area contributed by atoms with Gasteiger partial charge in [-0.05, 0) is 37.6 Å². The first-order chi connectivity index (χ1) is 9.19. The molecule has 0 saturated heterocycles. The van der Waals surface area contributed by atoms with Crippen LogP contribution in [0.15, 0.2) is 36.7 Å². The van der Waals surface area contributed by atoms with E-state index in [9.17, 15) is 0 Å². The maximum Gasteiger partial charge on any atom is 0.108 e. The Balaban J connectivity index is 1.92. The molecule has 0 aliphatic heterocycles. The fourth-order valence-corrected chi connectivity index (χ4v) is 2.45. The molecule has 1 unspecified atom stereocenters. The molecule has 102 valence electrons. The van der Waals surface area contributed by atoms with E-state index in [4.69, 9.17) is 11.6 Å². The lowest BCUT2D eigenvalue weighted by molar-refractivity contribution is 0.510. The molecule has 19 heavy (non-hydrogen) atoms. The number of benzene rings is 1. The van der Waals surface area contributed by atoms with Crippen LogP contribution in [0, 0.1) is 0 Å². The molecule has 1 heterocycles. The van der Waals surface area contributed by atoms with Gasteiger partial charge in [0.2, 0.25) is 0 Å². The van der Waals surface area contributed by atoms with Gasteiger partial charge in [0.15, 0.2) is 0 Å². The summed E-state index contributed by atoms with van der Waals surface area (Å²) in [6.45, 7) is 0. The van der Waals surface area contributed by atoms with Crippen LogP contribution >= 0.6 is 11.6 Å². The first-order valence-electron chi connectivity index (χ1n) is 6.57. The van der Waals surface area contributed by atoms with Gasteiger partial charge in [-0.1, -0.05) is 23.7 Å². The Labute approximate surface area is 119 Å². The molecule has 2 rings (SSSR count). The average molecular weight is 278 g/mol. The molecule has 0 aliphatic rings. The normalized spacial score (nSPS) is 12.6. The van der Waals surface area contributed by atoms with E-state index < -0.39 is 0 Å². The maximum atomic E-state index is 6.02. The van der Waals surface area contributed by atoms with Crippen LogP contribution in [0.4, 0.5) is 0 Å². The quantitative estimate of drug-likeness (QED) is 0.880. The van der Waals surface area contributed by atoms with Gasteiger partial charge in [0.05, 0.1) is 0 Å². The molecule has 1 atom stereocenters. The lowest BCUT2D eigenvalue weighted by Gasteiger charge is -2.16. The first-order valence-corrected chi connectivity index (χ1v) is 6.94. The number of aromatic nitrogens is 2. The summed E-state index contributed by atoms with van der Waals surface area (Å²) in [5.74, 6) is 1.13. The minimum atomic E-state index is 0.440. The summed E-state index contributed by atoms with van der Waals surface area (Å²) in [5, 5.41) is 4.17. The van der Waals surface area contributed by atoms with E-state index in [0.717, 1.165) is 30.1 Å². The predicted molar refractivity (Wildman–Crippen MR) is 79.5 cm³/mol. The number of nitrogens with zero attached hydrogens (tertiary/aromatic N) is 2. The van der Waals surface area contributed by atoms with Gasteiger partial charge in [-0.15, -0.1) is 0 Å². The topological polar surface area (TPSA) is 29.9 Å². The second-order valence-electron chi connectivity index (χ2n) is 4.81. The number of hydrogen-bond donors (Lipinski definition) is 1. The molecular weight excluding hydrogens is 258 g/mol. The lowest BCUT2D eigenvalue weighted by atomic mass is 10.0. The predicted octanol–water partition coefficient (Wildman–Crippen LogP) is 2.84. The molecule has 0 bridgehead atoms. The van der Waals surface area contributed by atoms with Gasteiger partial charge >= 0.3 is 0 Å². The second-order valence-corrected chi connectivity index (χ2v) is 5.25. The van der Waals surface area contributed by atoms with Crippen molar-refractivity contribution in [1.29, 1.82) is 0 Å². The smallest absolute Gasteiger partial charge is 0.108 e. The van der Waals surface area contributed by atoms with Crippen LogP contribution in [-0.2, 0) is 19.9 Å². The first kappa shape index (κ1) is 14.1. The summed E-state index contributed by atoms with van der Waals surface area (Å²) >= 11 is 6.02. The maximum absolute atomic E-state index is 6.02. The Morgan fingerprint density at radius 1 is 1.42 bits per heavy atom. The fourth-order valence-electron chi connectivity index (χ4n) is 2.24. The molecular formula is C15H20ClN3. The second kappa shape index (κ2) is 6.73. The summed E-state index contributed by atoms with van der Waals surface area (Å²) in [7, 11) is 4.04. The molecule has 1 aromatic carbocycles. The van der Waals surface area contributed by atoms with Gasteiger partial charge in [-0.3, -0.25) is 0 Å². The zero-order valence-electron chi connectivity index (χ0n) is 11.4. The third-order valence-corrected chi connectivity index (χ3v) is 3.65. The third-order valence-electron chi connectivity index (χ3n) is 3.42. The number of likely N-dealkylation sites (N-methyl/N-ethyl adjacent to an activating group) is 1. The van der Waals surface area contributed by atoms with Crippen LogP contribution < -0.4 is 5.32 Å². The van der Waals surface area contributed by atoms with Crippen LogP contribution in [0.1, 0.15) is 17.8 Å². The van der Waals surface area contributed by atoms with E-state index in [1.165, 1.54) is 5.56 Å². The number of nitrogens with one attached hydrogen (secondary N) is 1. The van der Waals surface area contributed by atoms with E-state index in [0.29, 0.717) is 6.04 Å². The van der Waals surface area contributed by atoms with Gasteiger partial charge in [0, 0.05) is 36.9 Å². The Hall–Kier alpha value is -1.32. The molecule has 0 spiro atoms. The van der Waals surface area contributed by atoms with E-state index in [-0.39, 0.29) is 0 Å². The van der Waals surface area contributed by atoms with Crippen molar-refractivity contribution in [2.24, 2.45) is 7.05 Å². The molecule has 1 aromatic heterocycles. The highest BCUT2D eigenvalue weighted by Crippen LogP contribution is 2.14. The van der Waals surface area contributed by atoms with Crippen LogP contribution in [0.5, 0.6) is 0 Å². The van der Waals surface area contributed by atoms with Crippen LogP contribution in [0.2, 0.25) is 5.02 Å². The van der Waals surface area contributed by atoms with Gasteiger partial charge in [-0.25, -0.2) is 4.98 Å². The number of hydrogen-bond acceptors (Lipinski definition) is 2. The van der Waals surface area contributed by atoms with Crippen molar-refractivity contribution in [1.82, 2.24) is 14.9 Å². The minimum Gasteiger partial charge on any atom is -0.338 e. The van der Waals surface area contributed by atoms with Gasteiger partial charge < -0.3 is 9.88 Å². The monoisotopic (exact) mass is 277 g/mol. The fraction of sp³-hybridized carbons (Fsp3) is 0.400. The van der Waals surface area contributed by atoms with Gasteiger partial charge in [0.1, 0.15) is 5.82 Å². The van der Waals surface area contributed by atoms with Crippen molar-refractivity contribution in [3.8, 4) is 0 Å². The summed E-state index contributed by atoms with van der Waals surface area (Å²) < 4.78 is 2.08. The average Bonchev–Trinajstić information content (AvgIpc) is 2.80. The number of aryl methyl sites for hydroxylation is 2. The van der Waals surface area contributed by atoms with Crippen molar-refractivity contribution < 1.29 is 0 Å². The molecule has 2 aromatic rings. The molecule has 0 radical (unpaired) electrons. The van der Waals surface area contributed by atoms with Gasteiger partial charge in [0.25, 0.3) is 0 Å². The Bertz CT molecular complexity index is 522. The molecule has 1 N–H and O–H groups in total. The zero-order chi connectivity index (χ0) is 13.7. The highest BCUT2D eigenvalue weighted by atomic mass is 35.5. The van der Waals surface area contributed by atoms with Crippen LogP contribution in [0.3, 0.4) is 0 Å². The SMILES string of the molecule is CNC(CCc1nccn1C)Cc1cccc(Cl)c1.